The number of aryl methyl sites for hydroxylation is 3. The van der Waals surface area contributed by atoms with E-state index in [1.54, 1.807) is 12.1 Å². The number of fused-ring (bicyclic) bond motifs is 1. The highest BCUT2D eigenvalue weighted by Crippen LogP contribution is 2.30. The Morgan fingerprint density at radius 3 is 2.32 bits per heavy atom. The van der Waals surface area contributed by atoms with E-state index in [0.717, 1.165) is 26.9 Å². The summed E-state index contributed by atoms with van der Waals surface area (Å²) in [7, 11) is -3.68. The lowest BCUT2D eigenvalue weighted by Crippen LogP contribution is -2.22. The van der Waals surface area contributed by atoms with Crippen molar-refractivity contribution in [1.29, 1.82) is 0 Å². The Bertz CT molecular complexity index is 1010. The van der Waals surface area contributed by atoms with Crippen LogP contribution in [0.25, 0.3) is 10.2 Å². The molecule has 130 valence electrons. The molecular weight excluding hydrogens is 356 g/mol. The van der Waals surface area contributed by atoms with Crippen LogP contribution in [0, 0.1) is 20.8 Å². The molecule has 0 fully saturated rings. The van der Waals surface area contributed by atoms with Gasteiger partial charge in [-0.1, -0.05) is 41.2 Å². The molecule has 0 saturated heterocycles. The summed E-state index contributed by atoms with van der Waals surface area (Å²) >= 11 is 1.35. The zero-order chi connectivity index (χ0) is 18.2. The van der Waals surface area contributed by atoms with Crippen LogP contribution in [0.15, 0.2) is 41.3 Å². The van der Waals surface area contributed by atoms with E-state index in [9.17, 15) is 13.2 Å². The van der Waals surface area contributed by atoms with Gasteiger partial charge in [0.1, 0.15) is 5.75 Å². The van der Waals surface area contributed by atoms with Crippen LogP contribution in [0.1, 0.15) is 16.7 Å². The van der Waals surface area contributed by atoms with Crippen LogP contribution >= 0.6 is 11.3 Å². The molecule has 5 nitrogen and oxygen atoms in total. The van der Waals surface area contributed by atoms with E-state index >= 15 is 0 Å². The number of carbonyl (C=O) groups is 1. The minimum atomic E-state index is -3.68. The topological polar surface area (TPSA) is 76.1 Å². The molecule has 1 N–H and O–H groups in total. The maximum absolute atomic E-state index is 12.3. The summed E-state index contributed by atoms with van der Waals surface area (Å²) in [4.78, 5) is 16.8. The summed E-state index contributed by atoms with van der Waals surface area (Å²) in [5, 5.41) is 3.03. The highest BCUT2D eigenvalue weighted by atomic mass is 32.2. The van der Waals surface area contributed by atoms with Crippen LogP contribution in [-0.2, 0) is 14.6 Å². The molecule has 1 aromatic heterocycles. The van der Waals surface area contributed by atoms with E-state index in [1.165, 1.54) is 23.5 Å². The average Bonchev–Trinajstić information content (AvgIpc) is 2.95. The minimum absolute atomic E-state index is 0.143. The fourth-order valence-electron chi connectivity index (χ4n) is 2.47. The minimum Gasteiger partial charge on any atom is -0.301 e. The van der Waals surface area contributed by atoms with Gasteiger partial charge in [0.2, 0.25) is 5.91 Å². The Kier molecular flexibility index (Phi) is 4.62. The highest BCUT2D eigenvalue weighted by Gasteiger charge is 2.20. The molecule has 0 saturated carbocycles. The van der Waals surface area contributed by atoms with Crippen LogP contribution < -0.4 is 5.32 Å². The van der Waals surface area contributed by atoms with Gasteiger partial charge in [0.25, 0.3) is 0 Å². The van der Waals surface area contributed by atoms with Crippen molar-refractivity contribution in [3.8, 4) is 0 Å². The Morgan fingerprint density at radius 1 is 1.04 bits per heavy atom. The first-order chi connectivity index (χ1) is 11.8. The molecule has 0 aliphatic heterocycles. The van der Waals surface area contributed by atoms with Crippen molar-refractivity contribution in [3.63, 3.8) is 0 Å². The van der Waals surface area contributed by atoms with Crippen LogP contribution in [0.4, 0.5) is 5.13 Å². The van der Waals surface area contributed by atoms with Gasteiger partial charge < -0.3 is 5.32 Å². The Hall–Kier alpha value is -2.25. The summed E-state index contributed by atoms with van der Waals surface area (Å²) in [5.74, 6) is -1.20. The van der Waals surface area contributed by atoms with Gasteiger partial charge in [0, 0.05) is 0 Å². The summed E-state index contributed by atoms with van der Waals surface area (Å²) in [5.41, 5.74) is 3.89. The van der Waals surface area contributed by atoms with Gasteiger partial charge in [-0.3, -0.25) is 4.79 Å². The molecule has 3 rings (SSSR count). The molecule has 0 unspecified atom stereocenters. The van der Waals surface area contributed by atoms with E-state index in [-0.39, 0.29) is 4.90 Å². The average molecular weight is 374 g/mol. The lowest BCUT2D eigenvalue weighted by Gasteiger charge is -2.04. The zero-order valence-corrected chi connectivity index (χ0v) is 15.8. The standard InChI is InChI=1S/C18H18N2O3S2/c1-11-4-8-14(9-5-11)25(22,23)10-15(21)19-18-20-16-12(2)6-7-13(3)17(16)24-18/h4-9H,10H2,1-3H3,(H,19,20,21). The van der Waals surface area contributed by atoms with Gasteiger partial charge in [0.05, 0.1) is 15.1 Å². The van der Waals surface area contributed by atoms with Gasteiger partial charge in [0.15, 0.2) is 15.0 Å². The van der Waals surface area contributed by atoms with Gasteiger partial charge in [-0.05, 0) is 44.0 Å². The van der Waals surface area contributed by atoms with Gasteiger partial charge in [-0.25, -0.2) is 13.4 Å². The first-order valence-electron chi connectivity index (χ1n) is 7.72. The quantitative estimate of drug-likeness (QED) is 0.756. The summed E-state index contributed by atoms with van der Waals surface area (Å²) < 4.78 is 25.7. The Balaban J connectivity index is 1.80. The fraction of sp³-hybridized carbons (Fsp3) is 0.222. The number of thiazole rings is 1. The molecule has 0 bridgehead atoms. The van der Waals surface area contributed by atoms with Crippen molar-refractivity contribution in [3.05, 3.63) is 53.1 Å². The van der Waals surface area contributed by atoms with E-state index in [0.29, 0.717) is 5.13 Å². The number of nitrogens with zero attached hydrogens (tertiary/aromatic N) is 1. The third-order valence-corrected chi connectivity index (χ3v) is 6.63. The second kappa shape index (κ2) is 6.57. The largest absolute Gasteiger partial charge is 0.301 e. The number of carbonyl (C=O) groups excluding carboxylic acids is 1. The Morgan fingerprint density at radius 2 is 1.68 bits per heavy atom. The molecule has 0 spiro atoms. The van der Waals surface area contributed by atoms with Gasteiger partial charge >= 0.3 is 0 Å². The lowest BCUT2D eigenvalue weighted by atomic mass is 10.1. The van der Waals surface area contributed by atoms with Crippen molar-refractivity contribution < 1.29 is 13.2 Å². The zero-order valence-electron chi connectivity index (χ0n) is 14.2. The molecule has 0 radical (unpaired) electrons. The Labute approximate surface area is 150 Å². The molecule has 3 aromatic rings. The first-order valence-corrected chi connectivity index (χ1v) is 10.2. The molecule has 1 amide bonds. The monoisotopic (exact) mass is 374 g/mol. The van der Waals surface area contributed by atoms with Crippen LogP contribution in [0.3, 0.4) is 0 Å². The molecule has 0 aliphatic carbocycles. The highest BCUT2D eigenvalue weighted by molar-refractivity contribution is 7.92. The van der Waals surface area contributed by atoms with E-state index in [1.807, 2.05) is 32.9 Å². The number of amides is 1. The second-order valence-electron chi connectivity index (χ2n) is 6.02. The van der Waals surface area contributed by atoms with Gasteiger partial charge in [-0.2, -0.15) is 0 Å². The van der Waals surface area contributed by atoms with Crippen molar-refractivity contribution in [2.24, 2.45) is 0 Å². The SMILES string of the molecule is Cc1ccc(S(=O)(=O)CC(=O)Nc2nc3c(C)ccc(C)c3s2)cc1. The predicted molar refractivity (Wildman–Crippen MR) is 101 cm³/mol. The molecule has 2 aromatic carbocycles. The van der Waals surface area contributed by atoms with Crippen molar-refractivity contribution in [2.45, 2.75) is 25.7 Å². The molecule has 1 heterocycles. The number of benzene rings is 2. The number of anilines is 1. The number of aromatic nitrogens is 1. The van der Waals surface area contributed by atoms with Crippen LogP contribution in [0.2, 0.25) is 0 Å². The first kappa shape index (κ1) is 17.6. The third-order valence-electron chi connectivity index (χ3n) is 3.89. The second-order valence-corrected chi connectivity index (χ2v) is 9.01. The smallest absolute Gasteiger partial charge is 0.241 e. The van der Waals surface area contributed by atoms with E-state index in [2.05, 4.69) is 10.3 Å². The number of nitrogens with one attached hydrogen (secondary N) is 1. The van der Waals surface area contributed by atoms with Crippen LogP contribution in [0.5, 0.6) is 0 Å². The normalized spacial score (nSPS) is 11.6. The maximum atomic E-state index is 12.3. The van der Waals surface area contributed by atoms with Crippen molar-refractivity contribution in [1.82, 2.24) is 4.98 Å². The van der Waals surface area contributed by atoms with Crippen LogP contribution in [-0.4, -0.2) is 25.1 Å². The third kappa shape index (κ3) is 3.72. The van der Waals surface area contributed by atoms with Crippen molar-refractivity contribution >= 4 is 42.4 Å². The molecular formula is C18H18N2O3S2. The molecule has 0 aliphatic rings. The number of rotatable bonds is 4. The maximum Gasteiger partial charge on any atom is 0.241 e. The van der Waals surface area contributed by atoms with Crippen molar-refractivity contribution in [2.75, 3.05) is 11.1 Å². The fourth-order valence-corrected chi connectivity index (χ4v) is 4.63. The lowest BCUT2D eigenvalue weighted by molar-refractivity contribution is -0.113. The summed E-state index contributed by atoms with van der Waals surface area (Å²) in [6.07, 6.45) is 0. The predicted octanol–water partition coefficient (Wildman–Crippen LogP) is 3.63. The number of hydrogen-bond acceptors (Lipinski definition) is 5. The molecule has 25 heavy (non-hydrogen) atoms. The van der Waals surface area contributed by atoms with E-state index < -0.39 is 21.5 Å². The van der Waals surface area contributed by atoms with Gasteiger partial charge in [-0.15, -0.1) is 0 Å². The summed E-state index contributed by atoms with van der Waals surface area (Å²) in [6, 6.07) is 10.4. The summed E-state index contributed by atoms with van der Waals surface area (Å²) in [6.45, 7) is 5.81. The number of hydrogen-bond donors (Lipinski definition) is 1. The van der Waals surface area contributed by atoms with E-state index in [4.69, 9.17) is 0 Å². The molecule has 7 heteroatoms. The molecule has 0 atom stereocenters. The number of sulfone groups is 1.